The normalized spacial score (nSPS) is 14.7. The summed E-state index contributed by atoms with van der Waals surface area (Å²) in [5.74, 6) is 0.541. The van der Waals surface area contributed by atoms with Crippen molar-refractivity contribution in [3.63, 3.8) is 0 Å². The first-order valence-electron chi connectivity index (χ1n) is 9.18. The van der Waals surface area contributed by atoms with Crippen molar-refractivity contribution in [3.05, 3.63) is 59.7 Å². The summed E-state index contributed by atoms with van der Waals surface area (Å²) in [6.07, 6.45) is 0. The van der Waals surface area contributed by atoms with Gasteiger partial charge in [-0.2, -0.15) is 0 Å². The molecule has 0 aromatic heterocycles. The number of nitrogens with one attached hydrogen (secondary N) is 1. The van der Waals surface area contributed by atoms with E-state index >= 15 is 0 Å². The number of hydrogen-bond acceptors (Lipinski definition) is 4. The van der Waals surface area contributed by atoms with Crippen LogP contribution in [0.4, 0.5) is 5.69 Å². The Morgan fingerprint density at radius 2 is 1.52 bits per heavy atom. The van der Waals surface area contributed by atoms with Crippen molar-refractivity contribution in [1.82, 2.24) is 9.80 Å². The van der Waals surface area contributed by atoms with Crippen LogP contribution in [0.2, 0.25) is 0 Å². The van der Waals surface area contributed by atoms with Gasteiger partial charge in [0.05, 0.1) is 7.11 Å². The van der Waals surface area contributed by atoms with Crippen LogP contribution in [0.25, 0.3) is 0 Å². The molecule has 3 rings (SSSR count). The topological polar surface area (TPSA) is 61.9 Å². The lowest BCUT2D eigenvalue weighted by Crippen LogP contribution is -2.48. The Morgan fingerprint density at radius 3 is 2.07 bits per heavy atom. The Bertz CT molecular complexity index is 779. The Hall–Kier alpha value is -2.86. The predicted octanol–water partition coefficient (Wildman–Crippen LogP) is 2.73. The van der Waals surface area contributed by atoms with Crippen LogP contribution in [0.3, 0.4) is 0 Å². The molecule has 2 aromatic rings. The molecule has 1 heterocycles. The fraction of sp³-hybridized carbons (Fsp3) is 0.333. The molecule has 2 amide bonds. The second-order valence-corrected chi connectivity index (χ2v) is 6.49. The van der Waals surface area contributed by atoms with Gasteiger partial charge in [-0.3, -0.25) is 9.59 Å². The van der Waals surface area contributed by atoms with E-state index < -0.39 is 0 Å². The minimum atomic E-state index is -0.212. The van der Waals surface area contributed by atoms with Crippen LogP contribution in [-0.4, -0.2) is 61.4 Å². The molecule has 6 nitrogen and oxygen atoms in total. The van der Waals surface area contributed by atoms with Crippen LogP contribution in [0, 0.1) is 0 Å². The Balaban J connectivity index is 1.60. The highest BCUT2D eigenvalue weighted by Gasteiger charge is 2.21. The van der Waals surface area contributed by atoms with Gasteiger partial charge in [-0.25, -0.2) is 0 Å². The largest absolute Gasteiger partial charge is 0.497 e. The van der Waals surface area contributed by atoms with Crippen molar-refractivity contribution in [3.8, 4) is 5.75 Å². The highest BCUT2D eigenvalue weighted by Crippen LogP contribution is 2.16. The van der Waals surface area contributed by atoms with Gasteiger partial charge in [-0.15, -0.1) is 0 Å². The van der Waals surface area contributed by atoms with E-state index in [9.17, 15) is 9.59 Å². The molecule has 1 fully saturated rings. The van der Waals surface area contributed by atoms with Crippen molar-refractivity contribution in [1.29, 1.82) is 0 Å². The Morgan fingerprint density at radius 1 is 0.926 bits per heavy atom. The van der Waals surface area contributed by atoms with Crippen molar-refractivity contribution in [2.24, 2.45) is 0 Å². The Kier molecular flexibility index (Phi) is 6.08. The number of nitrogens with zero attached hydrogens (tertiary/aromatic N) is 2. The number of carbonyl (C=O) groups is 2. The lowest BCUT2D eigenvalue weighted by Gasteiger charge is -2.34. The number of piperazine rings is 1. The second kappa shape index (κ2) is 8.68. The summed E-state index contributed by atoms with van der Waals surface area (Å²) in [5.41, 5.74) is 1.81. The summed E-state index contributed by atoms with van der Waals surface area (Å²) >= 11 is 0. The third-order valence-electron chi connectivity index (χ3n) is 4.85. The summed E-state index contributed by atoms with van der Waals surface area (Å²) in [4.78, 5) is 29.2. The van der Waals surface area contributed by atoms with E-state index in [-0.39, 0.29) is 11.8 Å². The fourth-order valence-corrected chi connectivity index (χ4v) is 3.09. The number of rotatable bonds is 5. The second-order valence-electron chi connectivity index (χ2n) is 6.49. The van der Waals surface area contributed by atoms with Gasteiger partial charge in [-0.05, 0) is 55.1 Å². The lowest BCUT2D eigenvalue weighted by molar-refractivity contribution is 0.0643. The highest BCUT2D eigenvalue weighted by molar-refractivity contribution is 6.05. The van der Waals surface area contributed by atoms with E-state index in [0.717, 1.165) is 38.5 Å². The zero-order valence-electron chi connectivity index (χ0n) is 15.8. The zero-order valence-corrected chi connectivity index (χ0v) is 15.8. The van der Waals surface area contributed by atoms with Gasteiger partial charge in [0.1, 0.15) is 5.75 Å². The first-order chi connectivity index (χ1) is 13.1. The smallest absolute Gasteiger partial charge is 0.255 e. The molecule has 0 atom stereocenters. The SMILES string of the molecule is CCN1CCN(C(=O)c2ccc(C(=O)Nc3ccc(OC)cc3)cc2)CC1. The molecule has 0 aliphatic carbocycles. The predicted molar refractivity (Wildman–Crippen MR) is 105 cm³/mol. The van der Waals surface area contributed by atoms with Gasteiger partial charge in [0, 0.05) is 43.0 Å². The summed E-state index contributed by atoms with van der Waals surface area (Å²) < 4.78 is 5.11. The molecule has 0 bridgehead atoms. The molecule has 2 aromatic carbocycles. The van der Waals surface area contributed by atoms with E-state index in [2.05, 4.69) is 17.1 Å². The van der Waals surface area contributed by atoms with Crippen molar-refractivity contribution in [2.75, 3.05) is 45.2 Å². The molecule has 1 aliphatic rings. The molecule has 6 heteroatoms. The van der Waals surface area contributed by atoms with E-state index in [1.807, 2.05) is 4.90 Å². The molecular weight excluding hydrogens is 342 g/mol. The monoisotopic (exact) mass is 367 g/mol. The Labute approximate surface area is 159 Å². The number of anilines is 1. The average molecular weight is 367 g/mol. The number of methoxy groups -OCH3 is 1. The summed E-state index contributed by atoms with van der Waals surface area (Å²) in [6.45, 7) is 6.45. The maximum atomic E-state index is 12.6. The van der Waals surface area contributed by atoms with E-state index in [4.69, 9.17) is 4.74 Å². The molecule has 0 saturated carbocycles. The fourth-order valence-electron chi connectivity index (χ4n) is 3.09. The maximum absolute atomic E-state index is 12.6. The number of ether oxygens (including phenoxy) is 1. The minimum absolute atomic E-state index is 0.0212. The quantitative estimate of drug-likeness (QED) is 0.883. The lowest BCUT2D eigenvalue weighted by atomic mass is 10.1. The van der Waals surface area contributed by atoms with Crippen LogP contribution in [-0.2, 0) is 0 Å². The number of hydrogen-bond donors (Lipinski definition) is 1. The van der Waals surface area contributed by atoms with Gasteiger partial charge in [0.2, 0.25) is 0 Å². The molecule has 0 spiro atoms. The summed E-state index contributed by atoms with van der Waals surface area (Å²) in [6, 6.07) is 14.0. The standard InChI is InChI=1S/C21H25N3O3/c1-3-23-12-14-24(15-13-23)21(26)17-6-4-16(5-7-17)20(25)22-18-8-10-19(27-2)11-9-18/h4-11H,3,12-15H2,1-2H3,(H,22,25). The van der Waals surface area contributed by atoms with Crippen LogP contribution < -0.4 is 10.1 Å². The molecular formula is C21H25N3O3. The molecule has 1 saturated heterocycles. The maximum Gasteiger partial charge on any atom is 0.255 e. The van der Waals surface area contributed by atoms with E-state index in [1.54, 1.807) is 55.6 Å². The summed E-state index contributed by atoms with van der Waals surface area (Å²) in [5, 5.41) is 2.84. The number of carbonyl (C=O) groups excluding carboxylic acids is 2. The molecule has 142 valence electrons. The van der Waals surface area contributed by atoms with E-state index in [0.29, 0.717) is 16.8 Å². The zero-order chi connectivity index (χ0) is 19.2. The number of benzene rings is 2. The molecule has 27 heavy (non-hydrogen) atoms. The van der Waals surface area contributed by atoms with Crippen LogP contribution in [0.5, 0.6) is 5.75 Å². The van der Waals surface area contributed by atoms with Crippen molar-refractivity contribution in [2.45, 2.75) is 6.92 Å². The van der Waals surface area contributed by atoms with E-state index in [1.165, 1.54) is 0 Å². The minimum Gasteiger partial charge on any atom is -0.497 e. The first-order valence-corrected chi connectivity index (χ1v) is 9.18. The van der Waals surface area contributed by atoms with Crippen LogP contribution >= 0.6 is 0 Å². The van der Waals surface area contributed by atoms with Gasteiger partial charge < -0.3 is 19.9 Å². The summed E-state index contributed by atoms with van der Waals surface area (Å²) in [7, 11) is 1.60. The van der Waals surface area contributed by atoms with Crippen LogP contribution in [0.15, 0.2) is 48.5 Å². The third-order valence-corrected chi connectivity index (χ3v) is 4.85. The average Bonchev–Trinajstić information content (AvgIpc) is 2.74. The molecule has 1 N–H and O–H groups in total. The van der Waals surface area contributed by atoms with Crippen LogP contribution in [0.1, 0.15) is 27.6 Å². The molecule has 0 unspecified atom stereocenters. The first kappa shape index (κ1) is 18.9. The van der Waals surface area contributed by atoms with Gasteiger partial charge in [-0.1, -0.05) is 6.92 Å². The third kappa shape index (κ3) is 4.65. The van der Waals surface area contributed by atoms with Gasteiger partial charge in [0.25, 0.3) is 11.8 Å². The number of amides is 2. The van der Waals surface area contributed by atoms with Gasteiger partial charge >= 0.3 is 0 Å². The number of likely N-dealkylation sites (N-methyl/N-ethyl adjacent to an activating group) is 1. The van der Waals surface area contributed by atoms with Gasteiger partial charge in [0.15, 0.2) is 0 Å². The highest BCUT2D eigenvalue weighted by atomic mass is 16.5. The van der Waals surface area contributed by atoms with Crippen molar-refractivity contribution >= 4 is 17.5 Å². The molecule has 0 radical (unpaired) electrons. The van der Waals surface area contributed by atoms with Crippen molar-refractivity contribution < 1.29 is 14.3 Å². The molecule has 1 aliphatic heterocycles.